The van der Waals surface area contributed by atoms with Gasteiger partial charge in [0.15, 0.2) is 0 Å². The predicted molar refractivity (Wildman–Crippen MR) is 78.7 cm³/mol. The second kappa shape index (κ2) is 6.70. The van der Waals surface area contributed by atoms with Crippen molar-refractivity contribution in [1.29, 1.82) is 0 Å². The molecule has 1 saturated heterocycles. The van der Waals surface area contributed by atoms with Crippen molar-refractivity contribution in [1.82, 2.24) is 9.88 Å². The molecule has 1 aliphatic rings. The molecule has 0 unspecified atom stereocenters. The smallest absolute Gasteiger partial charge is 0.311 e. The van der Waals surface area contributed by atoms with Gasteiger partial charge in [0.1, 0.15) is 0 Å². The Balaban J connectivity index is 1.98. The van der Waals surface area contributed by atoms with E-state index >= 15 is 0 Å². The van der Waals surface area contributed by atoms with Crippen molar-refractivity contribution < 1.29 is 14.7 Å². The lowest BCUT2D eigenvalue weighted by Gasteiger charge is -2.39. The Hall–Kier alpha value is -1.91. The number of piperidine rings is 1. The van der Waals surface area contributed by atoms with Gasteiger partial charge in [-0.05, 0) is 49.8 Å². The van der Waals surface area contributed by atoms with Gasteiger partial charge in [0, 0.05) is 32.4 Å². The second-order valence-corrected chi connectivity index (χ2v) is 5.84. The van der Waals surface area contributed by atoms with E-state index in [4.69, 9.17) is 0 Å². The lowest BCUT2D eigenvalue weighted by Crippen LogP contribution is -2.49. The summed E-state index contributed by atoms with van der Waals surface area (Å²) in [5.41, 5.74) is 0.390. The van der Waals surface area contributed by atoms with E-state index in [2.05, 4.69) is 4.98 Å². The van der Waals surface area contributed by atoms with Gasteiger partial charge >= 0.3 is 5.97 Å². The van der Waals surface area contributed by atoms with E-state index in [1.165, 1.54) is 12.5 Å². The summed E-state index contributed by atoms with van der Waals surface area (Å²) < 4.78 is 0. The summed E-state index contributed by atoms with van der Waals surface area (Å²) in [6, 6.07) is 3.91. The fourth-order valence-electron chi connectivity index (χ4n) is 3.07. The Morgan fingerprint density at radius 1 is 1.38 bits per heavy atom. The molecule has 1 aromatic heterocycles. The molecule has 1 amide bonds. The zero-order chi connectivity index (χ0) is 15.3. The van der Waals surface area contributed by atoms with E-state index in [0.717, 1.165) is 19.3 Å². The number of carbonyl (C=O) groups excluding carboxylic acids is 1. The van der Waals surface area contributed by atoms with E-state index in [0.29, 0.717) is 25.9 Å². The molecule has 1 fully saturated rings. The largest absolute Gasteiger partial charge is 0.481 e. The summed E-state index contributed by atoms with van der Waals surface area (Å²) in [5.74, 6) is -0.808. The van der Waals surface area contributed by atoms with Crippen LogP contribution in [-0.4, -0.2) is 40.0 Å². The number of pyridine rings is 1. The molecule has 0 radical (unpaired) electrons. The fraction of sp³-hybridized carbons (Fsp3) is 0.562. The van der Waals surface area contributed by atoms with E-state index in [1.807, 2.05) is 12.1 Å². The summed E-state index contributed by atoms with van der Waals surface area (Å²) in [7, 11) is 0. The van der Waals surface area contributed by atoms with Gasteiger partial charge in [-0.3, -0.25) is 14.6 Å². The number of carboxylic acid groups (broad SMARTS) is 1. The molecule has 5 nitrogen and oxygen atoms in total. The van der Waals surface area contributed by atoms with Crippen molar-refractivity contribution in [2.75, 3.05) is 13.1 Å². The van der Waals surface area contributed by atoms with Crippen molar-refractivity contribution in [2.45, 2.75) is 39.0 Å². The van der Waals surface area contributed by atoms with Gasteiger partial charge in [-0.1, -0.05) is 0 Å². The first-order chi connectivity index (χ1) is 10.0. The van der Waals surface area contributed by atoms with Gasteiger partial charge in [0.05, 0.1) is 5.41 Å². The molecule has 1 aliphatic heterocycles. The molecular formula is C16H22N2O3. The lowest BCUT2D eigenvalue weighted by molar-refractivity contribution is -0.155. The Kier molecular flexibility index (Phi) is 4.94. The predicted octanol–water partition coefficient (Wildman–Crippen LogP) is 2.12. The Bertz CT molecular complexity index is 504. The lowest BCUT2D eigenvalue weighted by atomic mass is 9.75. The Morgan fingerprint density at radius 3 is 2.71 bits per heavy atom. The number of aryl methyl sites for hydroxylation is 1. The third kappa shape index (κ3) is 3.80. The molecule has 0 aromatic carbocycles. The zero-order valence-corrected chi connectivity index (χ0v) is 12.4. The average Bonchev–Trinajstić information content (AvgIpc) is 2.48. The molecule has 114 valence electrons. The first-order valence-corrected chi connectivity index (χ1v) is 7.41. The maximum absolute atomic E-state index is 11.7. The minimum absolute atomic E-state index is 0.0329. The quantitative estimate of drug-likeness (QED) is 0.901. The van der Waals surface area contributed by atoms with E-state index in [-0.39, 0.29) is 5.91 Å². The number of aliphatic carboxylic acids is 1. The molecule has 5 heteroatoms. The topological polar surface area (TPSA) is 70.5 Å². The van der Waals surface area contributed by atoms with E-state index in [9.17, 15) is 14.7 Å². The number of aromatic nitrogens is 1. The normalized spacial score (nSPS) is 22.0. The molecule has 0 bridgehead atoms. The molecule has 2 rings (SSSR count). The van der Waals surface area contributed by atoms with Crippen LogP contribution in [0.4, 0.5) is 0 Å². The number of hydrogen-bond acceptors (Lipinski definition) is 3. The number of carboxylic acids is 1. The first-order valence-electron chi connectivity index (χ1n) is 7.41. The van der Waals surface area contributed by atoms with Crippen LogP contribution in [0.15, 0.2) is 24.5 Å². The van der Waals surface area contributed by atoms with Crippen LogP contribution >= 0.6 is 0 Å². The van der Waals surface area contributed by atoms with Gasteiger partial charge < -0.3 is 10.0 Å². The van der Waals surface area contributed by atoms with Gasteiger partial charge in [0.2, 0.25) is 5.91 Å². The minimum Gasteiger partial charge on any atom is -0.481 e. The van der Waals surface area contributed by atoms with Crippen LogP contribution in [0.3, 0.4) is 0 Å². The number of amides is 1. The van der Waals surface area contributed by atoms with Gasteiger partial charge in [0.25, 0.3) is 0 Å². The van der Waals surface area contributed by atoms with E-state index < -0.39 is 11.4 Å². The number of nitrogens with zero attached hydrogens (tertiary/aromatic N) is 2. The summed E-state index contributed by atoms with van der Waals surface area (Å²) in [5, 5.41) is 9.64. The minimum atomic E-state index is -0.781. The third-order valence-corrected chi connectivity index (χ3v) is 4.35. The van der Waals surface area contributed by atoms with Crippen LogP contribution in [-0.2, 0) is 16.0 Å². The molecule has 1 N–H and O–H groups in total. The highest BCUT2D eigenvalue weighted by Crippen LogP contribution is 2.35. The zero-order valence-electron chi connectivity index (χ0n) is 12.4. The van der Waals surface area contributed by atoms with Gasteiger partial charge in [-0.2, -0.15) is 0 Å². The van der Waals surface area contributed by atoms with Crippen molar-refractivity contribution in [2.24, 2.45) is 5.41 Å². The number of likely N-dealkylation sites (tertiary alicyclic amines) is 1. The summed E-state index contributed by atoms with van der Waals surface area (Å²) in [6.07, 6.45) is 7.18. The third-order valence-electron chi connectivity index (χ3n) is 4.35. The van der Waals surface area contributed by atoms with Crippen LogP contribution in [0, 0.1) is 5.41 Å². The molecule has 0 aliphatic carbocycles. The Morgan fingerprint density at radius 2 is 2.10 bits per heavy atom. The molecular weight excluding hydrogens is 268 g/mol. The molecule has 1 atom stereocenters. The maximum Gasteiger partial charge on any atom is 0.311 e. The number of carbonyl (C=O) groups is 2. The van der Waals surface area contributed by atoms with Crippen LogP contribution in [0.5, 0.6) is 0 Å². The van der Waals surface area contributed by atoms with Gasteiger partial charge in [-0.15, -0.1) is 0 Å². The number of hydrogen-bond donors (Lipinski definition) is 1. The first kappa shape index (κ1) is 15.5. The SMILES string of the molecule is CC(=O)N1CCC[C@@](CCCc2ccncc2)(C(=O)O)C1. The van der Waals surface area contributed by atoms with Crippen LogP contribution in [0.2, 0.25) is 0 Å². The Labute approximate surface area is 125 Å². The van der Waals surface area contributed by atoms with E-state index in [1.54, 1.807) is 17.3 Å². The highest BCUT2D eigenvalue weighted by atomic mass is 16.4. The summed E-state index contributed by atoms with van der Waals surface area (Å²) in [4.78, 5) is 28.9. The summed E-state index contributed by atoms with van der Waals surface area (Å²) in [6.45, 7) is 2.53. The van der Waals surface area contributed by atoms with Crippen molar-refractivity contribution >= 4 is 11.9 Å². The molecule has 1 aromatic rings. The van der Waals surface area contributed by atoms with Crippen LogP contribution in [0.25, 0.3) is 0 Å². The molecule has 21 heavy (non-hydrogen) atoms. The number of rotatable bonds is 5. The van der Waals surface area contributed by atoms with Gasteiger partial charge in [-0.25, -0.2) is 0 Å². The molecule has 0 spiro atoms. The summed E-state index contributed by atoms with van der Waals surface area (Å²) >= 11 is 0. The standard InChI is InChI=1S/C16H22N2O3/c1-13(19)18-11-3-8-16(12-18,15(20)21)7-2-4-14-5-9-17-10-6-14/h5-6,9-10H,2-4,7-8,11-12H2,1H3,(H,20,21)/t16-/m1/s1. The highest BCUT2D eigenvalue weighted by molar-refractivity contribution is 5.78. The van der Waals surface area contributed by atoms with Crippen molar-refractivity contribution in [3.05, 3.63) is 30.1 Å². The maximum atomic E-state index is 11.7. The molecule has 0 saturated carbocycles. The van der Waals surface area contributed by atoms with Crippen LogP contribution in [0.1, 0.15) is 38.2 Å². The molecule has 2 heterocycles. The second-order valence-electron chi connectivity index (χ2n) is 5.84. The van der Waals surface area contributed by atoms with Crippen molar-refractivity contribution in [3.63, 3.8) is 0 Å². The van der Waals surface area contributed by atoms with Crippen LogP contribution < -0.4 is 0 Å². The van der Waals surface area contributed by atoms with Crippen molar-refractivity contribution in [3.8, 4) is 0 Å². The fourth-order valence-corrected chi connectivity index (χ4v) is 3.07. The highest BCUT2D eigenvalue weighted by Gasteiger charge is 2.42. The average molecular weight is 290 g/mol. The monoisotopic (exact) mass is 290 g/mol.